The quantitative estimate of drug-likeness (QED) is 0.179. The fraction of sp³-hybridized carbons (Fsp3) is 0.114. The Hall–Kier alpha value is -4.27. The summed E-state index contributed by atoms with van der Waals surface area (Å²) in [6.45, 7) is 5.25. The Labute approximate surface area is 220 Å². The van der Waals surface area contributed by atoms with E-state index in [0.717, 1.165) is 6.67 Å². The number of hydrogen-bond acceptors (Lipinski definition) is 0. The zero-order valence-corrected chi connectivity index (χ0v) is 21.7. The molecule has 1 aliphatic heterocycles. The van der Waals surface area contributed by atoms with E-state index in [-0.39, 0.29) is 0 Å². The molecule has 0 fully saturated rings. The Bertz CT molecular complexity index is 1580. The van der Waals surface area contributed by atoms with E-state index >= 15 is 0 Å². The molecule has 5 aromatic rings. The van der Waals surface area contributed by atoms with Crippen LogP contribution in [0.5, 0.6) is 0 Å². The normalized spacial score (nSPS) is 16.7. The first kappa shape index (κ1) is 23.1. The van der Waals surface area contributed by atoms with Crippen LogP contribution in [0.2, 0.25) is 0 Å². The van der Waals surface area contributed by atoms with Gasteiger partial charge in [0.1, 0.15) is 11.3 Å². The molecule has 2 heteroatoms. The molecule has 0 radical (unpaired) electrons. The van der Waals surface area contributed by atoms with E-state index in [1.807, 2.05) is 0 Å². The predicted molar refractivity (Wildman–Crippen MR) is 157 cm³/mol. The van der Waals surface area contributed by atoms with E-state index < -0.39 is 0 Å². The number of hydrogen-bond donors (Lipinski definition) is 0. The maximum Gasteiger partial charge on any atom is 0.285 e. The third-order valence-corrected chi connectivity index (χ3v) is 7.61. The minimum Gasteiger partial charge on any atom is -0.205 e. The van der Waals surface area contributed by atoms with Gasteiger partial charge in [0.2, 0.25) is 5.69 Å². The molecule has 0 aliphatic carbocycles. The van der Waals surface area contributed by atoms with E-state index in [9.17, 15) is 0 Å². The van der Waals surface area contributed by atoms with Crippen molar-refractivity contribution in [1.82, 2.24) is 4.48 Å². The van der Waals surface area contributed by atoms with Gasteiger partial charge >= 0.3 is 0 Å². The molecule has 2 nitrogen and oxygen atoms in total. The first-order chi connectivity index (χ1) is 18.0. The fourth-order valence-electron chi connectivity index (χ4n) is 5.89. The van der Waals surface area contributed by atoms with Crippen LogP contribution in [0, 0.1) is 13.8 Å². The van der Waals surface area contributed by atoms with Crippen LogP contribution in [0.3, 0.4) is 0 Å². The number of para-hydroxylation sites is 2. The lowest BCUT2D eigenvalue weighted by Crippen LogP contribution is -2.48. The standard InChI is InChI=1S/C35H32N2/c1-26-14-13-15-27(2)34(26)36-24-31-22-30(28-16-7-4-8-17-28)23-33(29-18-9-5-10-19-29)35(31)37(3,25-36)32-20-11-6-12-21-32/h4-24H,25H2,1-3H3/q+2. The van der Waals surface area contributed by atoms with Gasteiger partial charge in [0.15, 0.2) is 11.9 Å². The van der Waals surface area contributed by atoms with E-state index in [1.165, 1.54) is 56.0 Å². The van der Waals surface area contributed by atoms with Gasteiger partial charge in [-0.3, -0.25) is 0 Å². The van der Waals surface area contributed by atoms with Crippen LogP contribution in [-0.2, 0) is 0 Å². The highest BCUT2D eigenvalue weighted by molar-refractivity contribution is 5.98. The molecular formula is C35H32N2+2. The van der Waals surface area contributed by atoms with Crippen molar-refractivity contribution in [3.63, 3.8) is 0 Å². The summed E-state index contributed by atoms with van der Waals surface area (Å²) in [6, 6.07) is 43.8. The Kier molecular flexibility index (Phi) is 5.82. The van der Waals surface area contributed by atoms with Crippen LogP contribution in [0.15, 0.2) is 121 Å². The van der Waals surface area contributed by atoms with E-state index in [2.05, 4.69) is 153 Å². The van der Waals surface area contributed by atoms with Crippen molar-refractivity contribution in [2.24, 2.45) is 0 Å². The molecule has 37 heavy (non-hydrogen) atoms. The lowest BCUT2D eigenvalue weighted by Gasteiger charge is -2.36. The van der Waals surface area contributed by atoms with E-state index in [1.54, 1.807) is 0 Å². The number of fused-ring (bicyclic) bond motifs is 1. The summed E-state index contributed by atoms with van der Waals surface area (Å²) in [5, 5.41) is 0. The molecule has 5 aromatic carbocycles. The minimum atomic E-state index is 0.680. The molecule has 180 valence electrons. The smallest absolute Gasteiger partial charge is 0.205 e. The molecule has 1 aliphatic rings. The topological polar surface area (TPSA) is 3.01 Å². The SMILES string of the molecule is Cc1cccc(C)c1[N+]1=Cc2cc(-c3ccccc3)cc(-c3ccccc3)c2[N+](C)(c2ccccc2)C1. The number of rotatable bonds is 4. The molecule has 0 saturated carbocycles. The summed E-state index contributed by atoms with van der Waals surface area (Å²) >= 11 is 0. The third-order valence-electron chi connectivity index (χ3n) is 7.61. The molecule has 0 bridgehead atoms. The first-order valence-corrected chi connectivity index (χ1v) is 12.9. The van der Waals surface area contributed by atoms with Gasteiger partial charge in [0, 0.05) is 16.7 Å². The fourth-order valence-corrected chi connectivity index (χ4v) is 5.89. The van der Waals surface area contributed by atoms with Crippen molar-refractivity contribution < 1.29 is 4.58 Å². The van der Waals surface area contributed by atoms with E-state index in [0.29, 0.717) is 4.48 Å². The summed E-state index contributed by atoms with van der Waals surface area (Å²) in [4.78, 5) is 0. The van der Waals surface area contributed by atoms with Crippen molar-refractivity contribution in [1.29, 1.82) is 0 Å². The molecule has 1 atom stereocenters. The summed E-state index contributed by atoms with van der Waals surface area (Å²) in [5.41, 5.74) is 12.7. The van der Waals surface area contributed by atoms with Crippen LogP contribution in [0.1, 0.15) is 16.7 Å². The monoisotopic (exact) mass is 480 g/mol. The number of quaternary nitrogens is 1. The highest BCUT2D eigenvalue weighted by atomic mass is 15.4. The van der Waals surface area contributed by atoms with Gasteiger partial charge in [0.25, 0.3) is 6.67 Å². The van der Waals surface area contributed by atoms with Gasteiger partial charge in [-0.1, -0.05) is 97.1 Å². The number of benzene rings is 5. The zero-order valence-electron chi connectivity index (χ0n) is 21.7. The molecule has 0 spiro atoms. The predicted octanol–water partition coefficient (Wildman–Crippen LogP) is 8.64. The number of nitrogens with zero attached hydrogens (tertiary/aromatic N) is 2. The van der Waals surface area contributed by atoms with Crippen LogP contribution < -0.4 is 4.48 Å². The van der Waals surface area contributed by atoms with Crippen molar-refractivity contribution in [2.45, 2.75) is 13.8 Å². The van der Waals surface area contributed by atoms with Crippen LogP contribution in [0.4, 0.5) is 17.1 Å². The second-order valence-corrected chi connectivity index (χ2v) is 10.2. The van der Waals surface area contributed by atoms with Gasteiger partial charge in [-0.2, -0.15) is 0 Å². The maximum atomic E-state index is 2.46. The molecule has 1 unspecified atom stereocenters. The lowest BCUT2D eigenvalue weighted by molar-refractivity contribution is -0.457. The highest BCUT2D eigenvalue weighted by Crippen LogP contribution is 2.46. The first-order valence-electron chi connectivity index (χ1n) is 12.9. The average molecular weight is 481 g/mol. The summed E-state index contributed by atoms with van der Waals surface area (Å²) in [6.07, 6.45) is 2.37. The largest absolute Gasteiger partial charge is 0.285 e. The van der Waals surface area contributed by atoms with Gasteiger partial charge in [-0.15, -0.1) is 4.58 Å². The number of aryl methyl sites for hydroxylation is 2. The highest BCUT2D eigenvalue weighted by Gasteiger charge is 2.43. The van der Waals surface area contributed by atoms with Crippen molar-refractivity contribution in [2.75, 3.05) is 13.7 Å². The molecule has 0 N–H and O–H groups in total. The van der Waals surface area contributed by atoms with Gasteiger partial charge in [0.05, 0.1) is 7.05 Å². The molecule has 6 rings (SSSR count). The zero-order chi connectivity index (χ0) is 25.4. The maximum absolute atomic E-state index is 2.46. The van der Waals surface area contributed by atoms with E-state index in [4.69, 9.17) is 0 Å². The summed E-state index contributed by atoms with van der Waals surface area (Å²) in [5.74, 6) is 0. The Morgan fingerprint density at radius 1 is 0.595 bits per heavy atom. The minimum absolute atomic E-state index is 0.680. The lowest BCUT2D eigenvalue weighted by atomic mass is 9.91. The average Bonchev–Trinajstić information content (AvgIpc) is 2.94. The third kappa shape index (κ3) is 4.10. The Balaban J connectivity index is 1.71. The molecule has 0 saturated heterocycles. The second kappa shape index (κ2) is 9.31. The van der Waals surface area contributed by atoms with Gasteiger partial charge < -0.3 is 0 Å². The second-order valence-electron chi connectivity index (χ2n) is 10.2. The van der Waals surface area contributed by atoms with Crippen molar-refractivity contribution in [3.8, 4) is 22.3 Å². The van der Waals surface area contributed by atoms with Gasteiger partial charge in [-0.25, -0.2) is 4.48 Å². The Morgan fingerprint density at radius 3 is 1.78 bits per heavy atom. The summed E-state index contributed by atoms with van der Waals surface area (Å²) in [7, 11) is 2.36. The molecule has 0 aromatic heterocycles. The molecule has 0 amide bonds. The van der Waals surface area contributed by atoms with Crippen LogP contribution in [-0.4, -0.2) is 24.5 Å². The van der Waals surface area contributed by atoms with Crippen LogP contribution in [0.25, 0.3) is 22.3 Å². The van der Waals surface area contributed by atoms with Crippen LogP contribution >= 0.6 is 0 Å². The van der Waals surface area contributed by atoms with Gasteiger partial charge in [-0.05, 0) is 54.8 Å². The molecular weight excluding hydrogens is 448 g/mol. The van der Waals surface area contributed by atoms with Crippen molar-refractivity contribution >= 4 is 23.3 Å². The van der Waals surface area contributed by atoms with Crippen molar-refractivity contribution in [3.05, 3.63) is 138 Å². The molecule has 1 heterocycles. The Morgan fingerprint density at radius 2 is 1.16 bits per heavy atom. The summed E-state index contributed by atoms with van der Waals surface area (Å²) < 4.78 is 3.14.